The van der Waals surface area contributed by atoms with E-state index in [0.717, 1.165) is 5.57 Å². The summed E-state index contributed by atoms with van der Waals surface area (Å²) >= 11 is 5.48. The molecular formula is C20H15ClO. The Labute approximate surface area is 134 Å². The summed E-state index contributed by atoms with van der Waals surface area (Å²) in [6, 6.07) is 17.2. The Bertz CT molecular complexity index is 795. The lowest BCUT2D eigenvalue weighted by Gasteiger charge is -2.45. The maximum atomic E-state index is 11.1. The lowest BCUT2D eigenvalue weighted by atomic mass is 9.57. The smallest absolute Gasteiger partial charge is 0.252 e. The Kier molecular flexibility index (Phi) is 3.07. The number of carbonyl (C=O) groups is 1. The first-order chi connectivity index (χ1) is 10.7. The highest BCUT2D eigenvalue weighted by molar-refractivity contribution is 6.66. The Morgan fingerprint density at radius 3 is 2.00 bits per heavy atom. The molecule has 1 atom stereocenters. The summed E-state index contributed by atoms with van der Waals surface area (Å²) in [4.78, 5) is 11.1. The SMILES string of the molecule is CC1C(=C=CC(=O)Cl)C2c3ccccc3C1c1ccccc12. The van der Waals surface area contributed by atoms with E-state index in [1.54, 1.807) is 0 Å². The van der Waals surface area contributed by atoms with Gasteiger partial charge in [0.15, 0.2) is 0 Å². The minimum Gasteiger partial charge on any atom is -0.276 e. The summed E-state index contributed by atoms with van der Waals surface area (Å²) in [6.07, 6.45) is 1.36. The fourth-order valence-corrected chi connectivity index (χ4v) is 4.17. The predicted octanol–water partition coefficient (Wildman–Crippen LogP) is 4.76. The van der Waals surface area contributed by atoms with Gasteiger partial charge in [-0.2, -0.15) is 0 Å². The molecule has 0 aromatic heterocycles. The number of rotatable bonds is 1. The summed E-state index contributed by atoms with van der Waals surface area (Å²) < 4.78 is 0. The molecule has 0 radical (unpaired) electrons. The third-order valence-electron chi connectivity index (χ3n) is 4.94. The molecule has 2 bridgehead atoms. The number of benzene rings is 2. The molecule has 22 heavy (non-hydrogen) atoms. The fourth-order valence-electron chi connectivity index (χ4n) is 4.12. The fraction of sp³-hybridized carbons (Fsp3) is 0.200. The number of halogens is 1. The first-order valence-electron chi connectivity index (χ1n) is 7.52. The average molecular weight is 307 g/mol. The zero-order valence-corrected chi connectivity index (χ0v) is 13.0. The van der Waals surface area contributed by atoms with Crippen LogP contribution in [-0.2, 0) is 4.79 Å². The van der Waals surface area contributed by atoms with E-state index in [4.69, 9.17) is 11.6 Å². The number of carbonyl (C=O) groups excluding carboxylic acids is 1. The normalized spacial score (nSPS) is 24.3. The Morgan fingerprint density at radius 1 is 1.00 bits per heavy atom. The first-order valence-corrected chi connectivity index (χ1v) is 7.90. The molecule has 0 saturated heterocycles. The molecule has 0 heterocycles. The Hall–Kier alpha value is -2.08. The molecule has 1 nitrogen and oxygen atoms in total. The van der Waals surface area contributed by atoms with Gasteiger partial charge < -0.3 is 0 Å². The van der Waals surface area contributed by atoms with Crippen molar-refractivity contribution in [3.05, 3.63) is 88.2 Å². The minimum atomic E-state index is -0.470. The molecule has 2 heteroatoms. The van der Waals surface area contributed by atoms with E-state index in [1.807, 2.05) is 0 Å². The topological polar surface area (TPSA) is 17.1 Å². The molecule has 0 aliphatic heterocycles. The second kappa shape index (κ2) is 4.98. The Morgan fingerprint density at radius 2 is 1.50 bits per heavy atom. The van der Waals surface area contributed by atoms with Crippen LogP contribution in [0.1, 0.15) is 41.0 Å². The van der Waals surface area contributed by atoms with Gasteiger partial charge in [0.05, 0.1) is 0 Å². The number of hydrogen-bond donors (Lipinski definition) is 0. The van der Waals surface area contributed by atoms with E-state index in [0.29, 0.717) is 11.8 Å². The summed E-state index contributed by atoms with van der Waals surface area (Å²) in [5.41, 5.74) is 9.84. The van der Waals surface area contributed by atoms with Crippen molar-refractivity contribution in [2.24, 2.45) is 5.92 Å². The van der Waals surface area contributed by atoms with Crippen molar-refractivity contribution < 1.29 is 4.79 Å². The monoisotopic (exact) mass is 306 g/mol. The van der Waals surface area contributed by atoms with Crippen molar-refractivity contribution in [2.45, 2.75) is 18.8 Å². The molecule has 2 aromatic rings. The van der Waals surface area contributed by atoms with Gasteiger partial charge in [-0.05, 0) is 45.3 Å². The maximum Gasteiger partial charge on any atom is 0.252 e. The van der Waals surface area contributed by atoms with Crippen molar-refractivity contribution in [3.8, 4) is 0 Å². The zero-order valence-electron chi connectivity index (χ0n) is 12.2. The van der Waals surface area contributed by atoms with Crippen LogP contribution in [0.5, 0.6) is 0 Å². The molecule has 5 rings (SSSR count). The van der Waals surface area contributed by atoms with E-state index in [1.165, 1.54) is 28.3 Å². The van der Waals surface area contributed by atoms with Gasteiger partial charge >= 0.3 is 0 Å². The Balaban J connectivity index is 2.04. The standard InChI is InChI=1S/C20H15ClO/c1-12-13(10-11-18(21)22)20-16-8-4-2-6-14(16)19(12)15-7-3-5-9-17(15)20/h2-9,11-12,19-20H,1H3. The van der Waals surface area contributed by atoms with E-state index < -0.39 is 5.24 Å². The third kappa shape index (κ3) is 1.83. The number of allylic oxidation sites excluding steroid dienone is 1. The molecule has 3 aliphatic carbocycles. The van der Waals surface area contributed by atoms with Gasteiger partial charge in [0.25, 0.3) is 5.24 Å². The zero-order chi connectivity index (χ0) is 15.3. The van der Waals surface area contributed by atoms with Gasteiger partial charge in [-0.3, -0.25) is 4.79 Å². The molecule has 2 aromatic carbocycles. The molecule has 0 saturated carbocycles. The molecular weight excluding hydrogens is 292 g/mol. The maximum absolute atomic E-state index is 11.1. The van der Waals surface area contributed by atoms with Gasteiger partial charge in [-0.15, -0.1) is 5.73 Å². The van der Waals surface area contributed by atoms with Gasteiger partial charge in [0, 0.05) is 17.9 Å². The van der Waals surface area contributed by atoms with Crippen LogP contribution in [0.25, 0.3) is 0 Å². The highest BCUT2D eigenvalue weighted by Gasteiger charge is 2.44. The third-order valence-corrected chi connectivity index (χ3v) is 5.05. The molecule has 1 unspecified atom stereocenters. The average Bonchev–Trinajstić information content (AvgIpc) is 2.53. The van der Waals surface area contributed by atoms with Gasteiger partial charge in [0.2, 0.25) is 0 Å². The van der Waals surface area contributed by atoms with Crippen molar-refractivity contribution in [1.82, 2.24) is 0 Å². The van der Waals surface area contributed by atoms with Gasteiger partial charge in [0.1, 0.15) is 0 Å². The van der Waals surface area contributed by atoms with E-state index >= 15 is 0 Å². The van der Waals surface area contributed by atoms with Crippen molar-refractivity contribution >= 4 is 16.8 Å². The van der Waals surface area contributed by atoms with Crippen molar-refractivity contribution in [2.75, 3.05) is 0 Å². The largest absolute Gasteiger partial charge is 0.276 e. The number of fused-ring (bicyclic) bond motifs is 1. The number of hydrogen-bond acceptors (Lipinski definition) is 1. The molecule has 0 N–H and O–H groups in total. The van der Waals surface area contributed by atoms with E-state index in [-0.39, 0.29) is 5.92 Å². The summed E-state index contributed by atoms with van der Waals surface area (Å²) in [6.45, 7) is 2.22. The van der Waals surface area contributed by atoms with E-state index in [9.17, 15) is 4.79 Å². The van der Waals surface area contributed by atoms with Crippen molar-refractivity contribution in [1.29, 1.82) is 0 Å². The van der Waals surface area contributed by atoms with Crippen LogP contribution in [0.3, 0.4) is 0 Å². The second-order valence-corrected chi connectivity index (χ2v) is 6.38. The van der Waals surface area contributed by atoms with Gasteiger partial charge in [-0.1, -0.05) is 55.5 Å². The molecule has 0 fully saturated rings. The molecule has 108 valence electrons. The van der Waals surface area contributed by atoms with Crippen LogP contribution in [0.15, 0.2) is 65.9 Å². The van der Waals surface area contributed by atoms with Crippen molar-refractivity contribution in [3.63, 3.8) is 0 Å². The lowest BCUT2D eigenvalue weighted by molar-refractivity contribution is -0.107. The quantitative estimate of drug-likeness (QED) is 0.422. The molecule has 3 aliphatic rings. The summed E-state index contributed by atoms with van der Waals surface area (Å²) in [7, 11) is 0. The van der Waals surface area contributed by atoms with E-state index in [2.05, 4.69) is 61.2 Å². The predicted molar refractivity (Wildman–Crippen MR) is 88.2 cm³/mol. The van der Waals surface area contributed by atoms with Crippen LogP contribution in [0, 0.1) is 5.92 Å². The minimum absolute atomic E-state index is 0.180. The van der Waals surface area contributed by atoms with Crippen LogP contribution in [0.4, 0.5) is 0 Å². The second-order valence-electron chi connectivity index (χ2n) is 6.01. The molecule has 0 amide bonds. The first kappa shape index (κ1) is 13.6. The highest BCUT2D eigenvalue weighted by atomic mass is 35.5. The highest BCUT2D eigenvalue weighted by Crippen LogP contribution is 2.57. The van der Waals surface area contributed by atoms with Gasteiger partial charge in [-0.25, -0.2) is 0 Å². The van der Waals surface area contributed by atoms with Crippen LogP contribution < -0.4 is 0 Å². The summed E-state index contributed by atoms with van der Waals surface area (Å²) in [5, 5.41) is -0.470. The van der Waals surface area contributed by atoms with Crippen LogP contribution in [0.2, 0.25) is 0 Å². The summed E-state index contributed by atoms with van der Waals surface area (Å²) in [5.74, 6) is 0.834. The molecule has 0 spiro atoms. The van der Waals surface area contributed by atoms with Crippen LogP contribution in [-0.4, -0.2) is 5.24 Å². The lowest BCUT2D eigenvalue weighted by Crippen LogP contribution is -2.32. The van der Waals surface area contributed by atoms with Crippen LogP contribution >= 0.6 is 11.6 Å².